The maximum absolute atomic E-state index is 12.0. The number of furan rings is 1. The summed E-state index contributed by atoms with van der Waals surface area (Å²) in [7, 11) is 0. The molecule has 102 valence electrons. The van der Waals surface area contributed by atoms with Crippen molar-refractivity contribution in [3.63, 3.8) is 0 Å². The van der Waals surface area contributed by atoms with E-state index < -0.39 is 0 Å². The van der Waals surface area contributed by atoms with E-state index in [1.807, 2.05) is 0 Å². The summed E-state index contributed by atoms with van der Waals surface area (Å²) in [5.41, 5.74) is 1.99. The zero-order valence-electron chi connectivity index (χ0n) is 10.8. The lowest BCUT2D eigenvalue weighted by molar-refractivity contribution is 0.0950. The fraction of sp³-hybridized carbons (Fsp3) is 0.200. The van der Waals surface area contributed by atoms with E-state index in [4.69, 9.17) is 9.52 Å². The van der Waals surface area contributed by atoms with Crippen LogP contribution in [0.4, 0.5) is 0 Å². The van der Waals surface area contributed by atoms with Gasteiger partial charge < -0.3 is 14.8 Å². The van der Waals surface area contributed by atoms with Crippen LogP contribution in [-0.4, -0.2) is 22.6 Å². The molecule has 0 fully saturated rings. The number of amides is 1. The Balaban J connectivity index is 1.99. The van der Waals surface area contributed by atoms with Gasteiger partial charge in [0.15, 0.2) is 0 Å². The van der Waals surface area contributed by atoms with Crippen molar-refractivity contribution >= 4 is 5.91 Å². The molecule has 2 N–H and O–H groups in total. The minimum Gasteiger partial charge on any atom is -0.472 e. The summed E-state index contributed by atoms with van der Waals surface area (Å²) in [5.74, 6) is 5.41. The van der Waals surface area contributed by atoms with E-state index in [9.17, 15) is 4.79 Å². The van der Waals surface area contributed by atoms with Crippen molar-refractivity contribution < 1.29 is 14.3 Å². The zero-order chi connectivity index (χ0) is 14.2. The number of pyridine rings is 1. The molecule has 0 unspecified atom stereocenters. The molecule has 0 saturated heterocycles. The summed E-state index contributed by atoms with van der Waals surface area (Å²) in [5, 5.41) is 11.4. The summed E-state index contributed by atoms with van der Waals surface area (Å²) in [6, 6.07) is 3.46. The predicted octanol–water partition coefficient (Wildman–Crippen LogP) is 1.34. The molecular formula is C15H14N2O3. The largest absolute Gasteiger partial charge is 0.472 e. The highest BCUT2D eigenvalue weighted by molar-refractivity contribution is 5.94. The van der Waals surface area contributed by atoms with Crippen LogP contribution in [0, 0.1) is 11.8 Å². The summed E-state index contributed by atoms with van der Waals surface area (Å²) < 4.78 is 4.92. The van der Waals surface area contributed by atoms with Crippen molar-refractivity contribution in [3.8, 4) is 11.8 Å². The van der Waals surface area contributed by atoms with Crippen LogP contribution < -0.4 is 5.32 Å². The molecule has 1 amide bonds. The third-order valence-electron chi connectivity index (χ3n) is 2.50. The van der Waals surface area contributed by atoms with E-state index >= 15 is 0 Å². The van der Waals surface area contributed by atoms with Crippen LogP contribution in [-0.2, 0) is 6.54 Å². The molecule has 0 aliphatic heterocycles. The number of aromatic nitrogens is 1. The fourth-order valence-corrected chi connectivity index (χ4v) is 1.53. The number of carbonyl (C=O) groups is 1. The summed E-state index contributed by atoms with van der Waals surface area (Å²) >= 11 is 0. The van der Waals surface area contributed by atoms with Crippen LogP contribution in [0.25, 0.3) is 0 Å². The minimum atomic E-state index is -0.218. The first-order valence-corrected chi connectivity index (χ1v) is 6.13. The number of aliphatic hydroxyl groups is 1. The Kier molecular flexibility index (Phi) is 4.93. The molecule has 0 aliphatic rings. The lowest BCUT2D eigenvalue weighted by atomic mass is 10.2. The molecule has 20 heavy (non-hydrogen) atoms. The summed E-state index contributed by atoms with van der Waals surface area (Å²) in [6.07, 6.45) is 6.60. The minimum absolute atomic E-state index is 0.0192. The summed E-state index contributed by atoms with van der Waals surface area (Å²) in [6.45, 7) is 0.418. The van der Waals surface area contributed by atoms with Crippen molar-refractivity contribution in [2.24, 2.45) is 0 Å². The fourth-order valence-electron chi connectivity index (χ4n) is 1.53. The SMILES string of the molecule is O=C(NCc1ccoc1)c1cncc(C#CCCO)c1. The zero-order valence-corrected chi connectivity index (χ0v) is 10.8. The van der Waals surface area contributed by atoms with Gasteiger partial charge in [-0.2, -0.15) is 0 Å². The highest BCUT2D eigenvalue weighted by Crippen LogP contribution is 2.03. The number of nitrogens with one attached hydrogen (secondary N) is 1. The molecule has 5 nitrogen and oxygen atoms in total. The Bertz CT molecular complexity index is 624. The first-order valence-electron chi connectivity index (χ1n) is 6.13. The van der Waals surface area contributed by atoms with E-state index in [1.165, 1.54) is 6.20 Å². The second-order valence-corrected chi connectivity index (χ2v) is 4.05. The summed E-state index contributed by atoms with van der Waals surface area (Å²) in [4.78, 5) is 15.9. The number of aliphatic hydroxyl groups excluding tert-OH is 1. The van der Waals surface area contributed by atoms with Gasteiger partial charge in [-0.1, -0.05) is 11.8 Å². The van der Waals surface area contributed by atoms with Crippen LogP contribution in [0.1, 0.15) is 27.9 Å². The molecule has 0 radical (unpaired) electrons. The normalized spacial score (nSPS) is 9.65. The molecular weight excluding hydrogens is 256 g/mol. The number of hydrogen-bond donors (Lipinski definition) is 2. The lowest BCUT2D eigenvalue weighted by Crippen LogP contribution is -2.22. The van der Waals surface area contributed by atoms with E-state index in [0.29, 0.717) is 24.1 Å². The maximum atomic E-state index is 12.0. The van der Waals surface area contributed by atoms with Gasteiger partial charge in [0.05, 0.1) is 24.7 Å². The van der Waals surface area contributed by atoms with Crippen molar-refractivity contribution in [2.75, 3.05) is 6.61 Å². The molecule has 0 spiro atoms. The average Bonchev–Trinajstić information content (AvgIpc) is 2.99. The molecule has 2 rings (SSSR count). The third kappa shape index (κ3) is 3.97. The first kappa shape index (κ1) is 13.8. The molecule has 0 bridgehead atoms. The van der Waals surface area contributed by atoms with Crippen LogP contribution in [0.3, 0.4) is 0 Å². The Morgan fingerprint density at radius 3 is 3.10 bits per heavy atom. The molecule has 5 heteroatoms. The monoisotopic (exact) mass is 270 g/mol. The van der Waals surface area contributed by atoms with E-state index in [2.05, 4.69) is 22.1 Å². The van der Waals surface area contributed by atoms with Gasteiger partial charge in [0.1, 0.15) is 0 Å². The highest BCUT2D eigenvalue weighted by atomic mass is 16.3. The quantitative estimate of drug-likeness (QED) is 0.822. The van der Waals surface area contributed by atoms with Crippen molar-refractivity contribution in [3.05, 3.63) is 53.7 Å². The Labute approximate surface area is 116 Å². The maximum Gasteiger partial charge on any atom is 0.253 e. The molecule has 2 aromatic rings. The molecule has 2 heterocycles. The van der Waals surface area contributed by atoms with Gasteiger partial charge in [-0.15, -0.1) is 0 Å². The van der Waals surface area contributed by atoms with Gasteiger partial charge in [-0.05, 0) is 12.1 Å². The highest BCUT2D eigenvalue weighted by Gasteiger charge is 2.06. The first-order chi connectivity index (χ1) is 9.79. The standard InChI is InChI=1S/C15H14N2O3/c18-5-2-1-3-12-7-14(10-16-8-12)15(19)17-9-13-4-6-20-11-13/h4,6-8,10-11,18H,2,5,9H2,(H,17,19). The van der Waals surface area contributed by atoms with Crippen LogP contribution >= 0.6 is 0 Å². The van der Waals surface area contributed by atoms with E-state index in [-0.39, 0.29) is 12.5 Å². The lowest BCUT2D eigenvalue weighted by Gasteiger charge is -2.03. The predicted molar refractivity (Wildman–Crippen MR) is 72.7 cm³/mol. The molecule has 2 aromatic heterocycles. The van der Waals surface area contributed by atoms with Gasteiger partial charge in [0.25, 0.3) is 5.91 Å². The van der Waals surface area contributed by atoms with Gasteiger partial charge >= 0.3 is 0 Å². The second kappa shape index (κ2) is 7.12. The topological polar surface area (TPSA) is 75.4 Å². The number of nitrogens with zero attached hydrogens (tertiary/aromatic N) is 1. The Hall–Kier alpha value is -2.58. The number of hydrogen-bond acceptors (Lipinski definition) is 4. The van der Waals surface area contributed by atoms with Crippen LogP contribution in [0.5, 0.6) is 0 Å². The molecule has 0 aromatic carbocycles. The van der Waals surface area contributed by atoms with Gasteiger partial charge in [0.2, 0.25) is 0 Å². The van der Waals surface area contributed by atoms with Crippen LogP contribution in [0.15, 0.2) is 41.5 Å². The van der Waals surface area contributed by atoms with Gasteiger partial charge in [0, 0.05) is 36.5 Å². The van der Waals surface area contributed by atoms with E-state index in [0.717, 1.165) is 5.56 Å². The number of rotatable bonds is 4. The van der Waals surface area contributed by atoms with Crippen molar-refractivity contribution in [2.45, 2.75) is 13.0 Å². The third-order valence-corrected chi connectivity index (χ3v) is 2.50. The molecule has 0 aliphatic carbocycles. The average molecular weight is 270 g/mol. The smallest absolute Gasteiger partial charge is 0.253 e. The Morgan fingerprint density at radius 1 is 1.45 bits per heavy atom. The van der Waals surface area contributed by atoms with Crippen molar-refractivity contribution in [1.82, 2.24) is 10.3 Å². The van der Waals surface area contributed by atoms with Gasteiger partial charge in [-0.25, -0.2) is 0 Å². The Morgan fingerprint density at radius 2 is 2.35 bits per heavy atom. The van der Waals surface area contributed by atoms with Crippen molar-refractivity contribution in [1.29, 1.82) is 0 Å². The van der Waals surface area contributed by atoms with E-state index in [1.54, 1.807) is 30.9 Å². The molecule has 0 atom stereocenters. The van der Waals surface area contributed by atoms with Gasteiger partial charge in [-0.3, -0.25) is 9.78 Å². The second-order valence-electron chi connectivity index (χ2n) is 4.05. The molecule has 0 saturated carbocycles. The number of carbonyl (C=O) groups excluding carboxylic acids is 1. The van der Waals surface area contributed by atoms with Crippen LogP contribution in [0.2, 0.25) is 0 Å².